The van der Waals surface area contributed by atoms with Gasteiger partial charge in [0, 0.05) is 0 Å². The molecule has 0 fully saturated rings. The predicted molar refractivity (Wildman–Crippen MR) is 79.3 cm³/mol. The van der Waals surface area contributed by atoms with Gasteiger partial charge in [0.15, 0.2) is 6.10 Å². The van der Waals surface area contributed by atoms with Gasteiger partial charge >= 0.3 is 0 Å². The summed E-state index contributed by atoms with van der Waals surface area (Å²) in [4.78, 5) is 4.01. The molecule has 4 nitrogen and oxygen atoms in total. The van der Waals surface area contributed by atoms with Crippen LogP contribution in [0.2, 0.25) is 0 Å². The summed E-state index contributed by atoms with van der Waals surface area (Å²) in [7, 11) is 0. The van der Waals surface area contributed by atoms with Crippen LogP contribution in [-0.2, 0) is 16.6 Å². The summed E-state index contributed by atoms with van der Waals surface area (Å²) in [5.74, 6) is 0.913. The van der Waals surface area contributed by atoms with E-state index in [0.29, 0.717) is 13.2 Å². The molecule has 2 aliphatic rings. The Morgan fingerprint density at radius 2 is 2.30 bits per heavy atom. The summed E-state index contributed by atoms with van der Waals surface area (Å²) in [6.07, 6.45) is 3.60. The van der Waals surface area contributed by atoms with Gasteiger partial charge in [-0.1, -0.05) is 19.9 Å². The number of benzene rings is 1. The summed E-state index contributed by atoms with van der Waals surface area (Å²) < 4.78 is 11.2. The van der Waals surface area contributed by atoms with Crippen LogP contribution < -0.4 is 10.5 Å². The number of aliphatic imine (C=N–C) groups is 1. The Kier molecular flexibility index (Phi) is 3.32. The second-order valence-corrected chi connectivity index (χ2v) is 6.29. The van der Waals surface area contributed by atoms with E-state index in [1.807, 2.05) is 0 Å². The highest BCUT2D eigenvalue weighted by molar-refractivity contribution is 5.73. The molecule has 1 heterocycles. The predicted octanol–water partition coefficient (Wildman–Crippen LogP) is 2.39. The van der Waals surface area contributed by atoms with Gasteiger partial charge in [-0.2, -0.15) is 0 Å². The molecule has 108 valence electrons. The molecule has 1 aliphatic carbocycles. The number of rotatable bonds is 3. The summed E-state index contributed by atoms with van der Waals surface area (Å²) in [6, 6.07) is 6.72. The van der Waals surface area contributed by atoms with Gasteiger partial charge in [0.2, 0.25) is 0 Å². The Labute approximate surface area is 120 Å². The minimum Gasteiger partial charge on any atom is -0.490 e. The molecular formula is C16H22N2O2. The van der Waals surface area contributed by atoms with Crippen molar-refractivity contribution in [1.82, 2.24) is 0 Å². The van der Waals surface area contributed by atoms with Crippen molar-refractivity contribution in [2.75, 3.05) is 13.2 Å². The molecule has 3 rings (SSSR count). The Morgan fingerprint density at radius 3 is 3.05 bits per heavy atom. The quantitative estimate of drug-likeness (QED) is 0.920. The number of hydrogen-bond acceptors (Lipinski definition) is 4. The Hall–Kier alpha value is -1.71. The molecule has 1 unspecified atom stereocenters. The summed E-state index contributed by atoms with van der Waals surface area (Å²) in [5.41, 5.74) is 8.65. The average molecular weight is 274 g/mol. The van der Waals surface area contributed by atoms with Gasteiger partial charge < -0.3 is 15.2 Å². The highest BCUT2D eigenvalue weighted by Gasteiger charge is 2.27. The normalized spacial score (nSPS) is 23.7. The van der Waals surface area contributed by atoms with Crippen LogP contribution in [0.4, 0.5) is 0 Å². The van der Waals surface area contributed by atoms with Crippen molar-refractivity contribution in [3.63, 3.8) is 0 Å². The molecule has 1 aromatic rings. The van der Waals surface area contributed by atoms with E-state index in [1.165, 1.54) is 24.0 Å². The molecule has 0 radical (unpaired) electrons. The van der Waals surface area contributed by atoms with E-state index in [0.717, 1.165) is 12.2 Å². The molecule has 20 heavy (non-hydrogen) atoms. The first-order chi connectivity index (χ1) is 9.54. The molecule has 0 amide bonds. The monoisotopic (exact) mass is 274 g/mol. The molecule has 4 heteroatoms. The third-order valence-electron chi connectivity index (χ3n) is 4.23. The van der Waals surface area contributed by atoms with Gasteiger partial charge in [-0.3, -0.25) is 0 Å². The first kappa shape index (κ1) is 13.3. The second kappa shape index (κ2) is 5.00. The van der Waals surface area contributed by atoms with Gasteiger partial charge in [-0.05, 0) is 47.9 Å². The SMILES string of the molecule is CC1(C)CCCc2cc(OCC3CN=C(N)O3)ccc21. The van der Waals surface area contributed by atoms with Crippen molar-refractivity contribution in [2.24, 2.45) is 10.7 Å². The number of amidine groups is 1. The van der Waals surface area contributed by atoms with Crippen molar-refractivity contribution >= 4 is 6.02 Å². The van der Waals surface area contributed by atoms with E-state index in [9.17, 15) is 0 Å². The van der Waals surface area contributed by atoms with Crippen LogP contribution in [0.1, 0.15) is 37.8 Å². The highest BCUT2D eigenvalue weighted by Crippen LogP contribution is 2.38. The van der Waals surface area contributed by atoms with Crippen LogP contribution >= 0.6 is 0 Å². The fourth-order valence-corrected chi connectivity index (χ4v) is 3.10. The standard InChI is InChI=1S/C16H22N2O2/c1-16(2)7-3-4-11-8-12(5-6-14(11)16)19-10-13-9-18-15(17)20-13/h5-6,8,13H,3-4,7,9-10H2,1-2H3,(H2,17,18). The second-order valence-electron chi connectivity index (χ2n) is 6.29. The van der Waals surface area contributed by atoms with Crippen LogP contribution in [-0.4, -0.2) is 25.3 Å². The van der Waals surface area contributed by atoms with Crippen molar-refractivity contribution < 1.29 is 9.47 Å². The van der Waals surface area contributed by atoms with Gasteiger partial charge in [0.25, 0.3) is 6.02 Å². The lowest BCUT2D eigenvalue weighted by atomic mass is 9.73. The Bertz CT molecular complexity index is 537. The molecule has 1 atom stereocenters. The summed E-state index contributed by atoms with van der Waals surface area (Å²) >= 11 is 0. The maximum atomic E-state index is 5.82. The van der Waals surface area contributed by atoms with Crippen LogP contribution in [0.5, 0.6) is 5.75 Å². The number of aryl methyl sites for hydroxylation is 1. The number of ether oxygens (including phenoxy) is 2. The zero-order valence-corrected chi connectivity index (χ0v) is 12.2. The maximum Gasteiger partial charge on any atom is 0.282 e. The minimum absolute atomic E-state index is 0.0533. The average Bonchev–Trinajstić information content (AvgIpc) is 2.82. The first-order valence-corrected chi connectivity index (χ1v) is 7.27. The topological polar surface area (TPSA) is 56.8 Å². The smallest absolute Gasteiger partial charge is 0.282 e. The number of nitrogens with two attached hydrogens (primary N) is 1. The number of fused-ring (bicyclic) bond motifs is 1. The van der Waals surface area contributed by atoms with Crippen LogP contribution in [0.3, 0.4) is 0 Å². The molecule has 1 aromatic carbocycles. The van der Waals surface area contributed by atoms with Crippen molar-refractivity contribution in [2.45, 2.75) is 44.6 Å². The molecule has 0 bridgehead atoms. The van der Waals surface area contributed by atoms with E-state index in [2.05, 4.69) is 37.0 Å². The number of hydrogen-bond donors (Lipinski definition) is 1. The molecule has 0 saturated carbocycles. The molecular weight excluding hydrogens is 252 g/mol. The fraction of sp³-hybridized carbons (Fsp3) is 0.562. The van der Waals surface area contributed by atoms with Crippen molar-refractivity contribution in [1.29, 1.82) is 0 Å². The molecule has 0 saturated heterocycles. The Balaban J connectivity index is 1.67. The van der Waals surface area contributed by atoms with Gasteiger partial charge in [-0.25, -0.2) is 4.99 Å². The summed E-state index contributed by atoms with van der Waals surface area (Å²) in [5, 5.41) is 0. The minimum atomic E-state index is -0.0533. The van der Waals surface area contributed by atoms with E-state index in [-0.39, 0.29) is 17.5 Å². The van der Waals surface area contributed by atoms with Crippen molar-refractivity contribution in [3.05, 3.63) is 29.3 Å². The molecule has 0 aromatic heterocycles. The largest absolute Gasteiger partial charge is 0.490 e. The zero-order valence-electron chi connectivity index (χ0n) is 12.2. The third kappa shape index (κ3) is 2.60. The lowest BCUT2D eigenvalue weighted by Crippen LogP contribution is -2.25. The van der Waals surface area contributed by atoms with Gasteiger partial charge in [0.05, 0.1) is 6.54 Å². The summed E-state index contributed by atoms with van der Waals surface area (Å²) in [6.45, 7) is 5.71. The first-order valence-electron chi connectivity index (χ1n) is 7.27. The molecule has 2 N–H and O–H groups in total. The van der Waals surface area contributed by atoms with E-state index < -0.39 is 0 Å². The van der Waals surface area contributed by atoms with Gasteiger partial charge in [0.1, 0.15) is 12.4 Å². The lowest BCUT2D eigenvalue weighted by Gasteiger charge is -2.32. The lowest BCUT2D eigenvalue weighted by molar-refractivity contribution is 0.141. The molecule has 1 aliphatic heterocycles. The Morgan fingerprint density at radius 1 is 1.45 bits per heavy atom. The highest BCUT2D eigenvalue weighted by atomic mass is 16.5. The van der Waals surface area contributed by atoms with E-state index in [1.54, 1.807) is 0 Å². The van der Waals surface area contributed by atoms with Crippen LogP contribution in [0.15, 0.2) is 23.2 Å². The van der Waals surface area contributed by atoms with Crippen LogP contribution in [0.25, 0.3) is 0 Å². The third-order valence-corrected chi connectivity index (χ3v) is 4.23. The zero-order chi connectivity index (χ0) is 14.2. The van der Waals surface area contributed by atoms with Gasteiger partial charge in [-0.15, -0.1) is 0 Å². The maximum absolute atomic E-state index is 5.82. The van der Waals surface area contributed by atoms with E-state index >= 15 is 0 Å². The molecule has 0 spiro atoms. The fourth-order valence-electron chi connectivity index (χ4n) is 3.10. The van der Waals surface area contributed by atoms with Crippen molar-refractivity contribution in [3.8, 4) is 5.75 Å². The number of nitrogens with zero attached hydrogens (tertiary/aromatic N) is 1. The van der Waals surface area contributed by atoms with Crippen LogP contribution in [0, 0.1) is 0 Å². The van der Waals surface area contributed by atoms with E-state index in [4.69, 9.17) is 15.2 Å².